The van der Waals surface area contributed by atoms with Crippen molar-refractivity contribution < 1.29 is 13.3 Å². The van der Waals surface area contributed by atoms with Crippen LogP contribution in [-0.4, -0.2) is 43.6 Å². The van der Waals surface area contributed by atoms with Gasteiger partial charge in [-0.05, 0) is 138 Å². The van der Waals surface area contributed by atoms with Gasteiger partial charge >= 0.3 is 0 Å². The molecule has 644 valence electrons. The molecule has 12 heteroatoms. The number of rotatable bonds is 11. The summed E-state index contributed by atoms with van der Waals surface area (Å²) in [7, 11) is 0. The molecule has 0 aliphatic carbocycles. The molecule has 0 fully saturated rings. The zero-order valence-electron chi connectivity index (χ0n) is 74.2. The lowest BCUT2D eigenvalue weighted by atomic mass is 10.0. The van der Waals surface area contributed by atoms with Crippen molar-refractivity contribution in [2.24, 2.45) is 0 Å². The third-order valence-electron chi connectivity index (χ3n) is 27.0. The van der Waals surface area contributed by atoms with E-state index in [1.165, 1.54) is 65.6 Å². The van der Waals surface area contributed by atoms with E-state index in [-0.39, 0.29) is 0 Å². The van der Waals surface area contributed by atoms with E-state index in [9.17, 15) is 0 Å². The number of nitrogens with zero attached hydrogens (tertiary/aromatic N) is 9. The molecule has 0 atom stereocenters. The third kappa shape index (κ3) is 13.3. The lowest BCUT2D eigenvalue weighted by Gasteiger charge is -2.10. The quantitative estimate of drug-likeness (QED) is 0.124. The summed E-state index contributed by atoms with van der Waals surface area (Å²) >= 11 is 0. The number of aromatic nitrogens is 9. The molecule has 0 spiro atoms. The molecule has 9 heterocycles. The lowest BCUT2D eigenvalue weighted by Crippen LogP contribution is -1.95. The van der Waals surface area contributed by atoms with Gasteiger partial charge in [0.25, 0.3) is 0 Å². The van der Waals surface area contributed by atoms with Gasteiger partial charge in [0.1, 0.15) is 33.5 Å². The largest absolute Gasteiger partial charge is 0.456 e. The van der Waals surface area contributed by atoms with E-state index >= 15 is 0 Å². The van der Waals surface area contributed by atoms with Crippen LogP contribution < -0.4 is 0 Å². The van der Waals surface area contributed by atoms with E-state index in [2.05, 4.69) is 353 Å². The molecule has 0 amide bonds. The first-order valence-corrected chi connectivity index (χ1v) is 46.4. The maximum absolute atomic E-state index is 6.60. The summed E-state index contributed by atoms with van der Waals surface area (Å²) in [5.74, 6) is 2.05. The van der Waals surface area contributed by atoms with Crippen molar-refractivity contribution in [1.82, 2.24) is 43.6 Å². The minimum absolute atomic E-state index is 0.681. The molecule has 0 saturated carbocycles. The average Bonchev–Trinajstić information content (AvgIpc) is 1.57. The van der Waals surface area contributed by atoms with E-state index < -0.39 is 0 Å². The minimum Gasteiger partial charge on any atom is -0.456 e. The van der Waals surface area contributed by atoms with Gasteiger partial charge in [0.2, 0.25) is 0 Å². The van der Waals surface area contributed by atoms with Gasteiger partial charge in [-0.25, -0.2) is 29.9 Å². The summed E-state index contributed by atoms with van der Waals surface area (Å²) < 4.78 is 26.7. The Labute approximate surface area is 789 Å². The van der Waals surface area contributed by atoms with E-state index in [0.717, 1.165) is 188 Å². The maximum Gasteiger partial charge on any atom is 0.161 e. The fraction of sp³-hybridized carbons (Fsp3) is 0. The fourth-order valence-electron chi connectivity index (χ4n) is 20.8. The lowest BCUT2D eigenvalue weighted by molar-refractivity contribution is 0.668. The van der Waals surface area contributed by atoms with Crippen LogP contribution in [0.25, 0.3) is 271 Å². The van der Waals surface area contributed by atoms with Crippen molar-refractivity contribution in [3.63, 3.8) is 0 Å². The van der Waals surface area contributed by atoms with Crippen molar-refractivity contribution in [1.29, 1.82) is 0 Å². The summed E-state index contributed by atoms with van der Waals surface area (Å²) in [6.07, 6.45) is 0. The molecular formula is C126H77N9O3. The Morgan fingerprint density at radius 2 is 0.420 bits per heavy atom. The molecular weight excluding hydrogens is 1690 g/mol. The molecule has 0 bridgehead atoms. The second-order valence-electron chi connectivity index (χ2n) is 35.0. The molecule has 0 saturated heterocycles. The second kappa shape index (κ2) is 32.6. The summed E-state index contributed by atoms with van der Waals surface area (Å²) in [5.41, 5.74) is 31.4. The van der Waals surface area contributed by atoms with E-state index in [1.54, 1.807) is 0 Å². The van der Waals surface area contributed by atoms with Gasteiger partial charge in [0, 0.05) is 149 Å². The zero-order chi connectivity index (χ0) is 90.8. The Kier molecular flexibility index (Phi) is 18.7. The standard InChI is InChI=1S/2C44H27N3O.C38H23N3O/c1-3-12-28(13-4-1)30-22-25-39-36(26-30)32-16-8-10-20-38(32)47(39)31-23-24-34-41(27-31)48-40-21-11-18-35(42(34)40)44-45-37-19-9-7-17-33(37)43(46-44)29-14-5-2-6-15-29;1-3-12-28(13-4-1)30-22-24-33-32-16-8-10-20-38(32)47(39(33)26-30)31-23-25-35-41(27-31)48-40-21-11-18-36(42(35)40)44-45-37-19-9-7-17-34(37)43(46-44)29-14-5-2-6-15-29;1-2-11-24(12-3-1)37-28-15-4-7-17-31(28)39-38(40-37)30-16-10-20-34-36(30)29-22-21-25(23-35(29)42-34)41-32-18-8-5-13-26(32)27-14-6-9-19-33(27)41/h2*1-27H;1-23H. The molecule has 138 heavy (non-hydrogen) atoms. The Morgan fingerprint density at radius 3 is 0.775 bits per heavy atom. The molecule has 0 aliphatic heterocycles. The smallest absolute Gasteiger partial charge is 0.161 e. The Morgan fingerprint density at radius 1 is 0.152 bits per heavy atom. The SMILES string of the molecule is c1ccc(-c2ccc3c(c2)c2ccccc2n3-c2ccc3c(c2)oc2cccc(-c4nc(-c5ccccc5)c5ccccc5n4)c23)cc1.c1ccc(-c2ccc3c4ccccc4n(-c4ccc5c(c4)oc4cccc(-c6nc(-c7ccccc7)c7ccccc7n6)c45)c3c2)cc1.c1ccc(-c2nc(-c3cccc4oc5cc(-n6c7ccccc7c7ccccc76)ccc5c34)nc3ccccc23)cc1. The van der Waals surface area contributed by atoms with E-state index in [0.29, 0.717) is 17.5 Å². The molecule has 12 nitrogen and oxygen atoms in total. The second-order valence-corrected chi connectivity index (χ2v) is 35.0. The first-order chi connectivity index (χ1) is 68.4. The topological polar surface area (TPSA) is 132 Å². The third-order valence-corrected chi connectivity index (χ3v) is 27.0. The van der Waals surface area contributed by atoms with Crippen LogP contribution in [0.4, 0.5) is 0 Å². The van der Waals surface area contributed by atoms with Gasteiger partial charge in [-0.15, -0.1) is 0 Å². The first kappa shape index (κ1) is 79.0. The van der Waals surface area contributed by atoms with Crippen molar-refractivity contribution in [3.05, 3.63) is 467 Å². The van der Waals surface area contributed by atoms with E-state index in [1.807, 2.05) is 127 Å². The van der Waals surface area contributed by atoms with Gasteiger partial charge in [0.05, 0.1) is 66.7 Å². The number of para-hydroxylation sites is 7. The van der Waals surface area contributed by atoms with Crippen molar-refractivity contribution >= 4 is 164 Å². The molecule has 9 aromatic heterocycles. The van der Waals surface area contributed by atoms with Crippen LogP contribution in [0.5, 0.6) is 0 Å². The van der Waals surface area contributed by atoms with Crippen LogP contribution in [-0.2, 0) is 0 Å². The Hall–Kier alpha value is -18.8. The average molecular weight is 1770 g/mol. The summed E-state index contributed by atoms with van der Waals surface area (Å²) in [4.78, 5) is 30.7. The number of furan rings is 3. The molecule has 0 radical (unpaired) electrons. The number of hydrogen-bond acceptors (Lipinski definition) is 9. The Balaban J connectivity index is 0.000000105. The van der Waals surface area contributed by atoms with Gasteiger partial charge in [-0.2, -0.15) is 0 Å². The van der Waals surface area contributed by atoms with Gasteiger partial charge in [0.15, 0.2) is 17.5 Å². The molecule has 0 N–H and O–H groups in total. The molecule has 0 aliphatic rings. The van der Waals surface area contributed by atoms with Crippen molar-refractivity contribution in [2.45, 2.75) is 0 Å². The highest BCUT2D eigenvalue weighted by Crippen LogP contribution is 2.47. The predicted octanol–water partition coefficient (Wildman–Crippen LogP) is 33.2. The zero-order valence-corrected chi connectivity index (χ0v) is 74.2. The number of benzene rings is 20. The maximum atomic E-state index is 6.60. The highest BCUT2D eigenvalue weighted by Gasteiger charge is 2.26. The summed E-state index contributed by atoms with van der Waals surface area (Å²) in [5, 5.41) is 16.6. The first-order valence-electron chi connectivity index (χ1n) is 46.4. The van der Waals surface area contributed by atoms with Gasteiger partial charge in [-0.3, -0.25) is 0 Å². The molecule has 29 aromatic rings. The highest BCUT2D eigenvalue weighted by atomic mass is 16.3. The minimum atomic E-state index is 0.681. The van der Waals surface area contributed by atoms with E-state index in [4.69, 9.17) is 43.2 Å². The normalized spacial score (nSPS) is 11.8. The predicted molar refractivity (Wildman–Crippen MR) is 567 cm³/mol. The molecule has 20 aromatic carbocycles. The van der Waals surface area contributed by atoms with Crippen LogP contribution in [0.2, 0.25) is 0 Å². The van der Waals surface area contributed by atoms with Crippen LogP contribution >= 0.6 is 0 Å². The van der Waals surface area contributed by atoms with Crippen LogP contribution in [0.15, 0.2) is 480 Å². The monoisotopic (exact) mass is 1760 g/mol. The summed E-state index contributed by atoms with van der Waals surface area (Å²) in [6.45, 7) is 0. The summed E-state index contributed by atoms with van der Waals surface area (Å²) in [6, 6.07) is 163. The fourth-order valence-corrected chi connectivity index (χ4v) is 20.8. The van der Waals surface area contributed by atoms with Gasteiger partial charge in [-0.1, -0.05) is 334 Å². The van der Waals surface area contributed by atoms with Crippen molar-refractivity contribution in [3.8, 4) is 107 Å². The van der Waals surface area contributed by atoms with Crippen molar-refractivity contribution in [2.75, 3.05) is 0 Å². The molecule has 0 unspecified atom stereocenters. The van der Waals surface area contributed by atoms with Gasteiger partial charge < -0.3 is 27.0 Å². The number of hydrogen-bond donors (Lipinski definition) is 0. The molecule has 29 rings (SSSR count). The Bertz CT molecular complexity index is 9870. The van der Waals surface area contributed by atoms with Crippen LogP contribution in [0.1, 0.15) is 0 Å². The van der Waals surface area contributed by atoms with Crippen LogP contribution in [0.3, 0.4) is 0 Å². The highest BCUT2D eigenvalue weighted by molar-refractivity contribution is 6.19. The number of fused-ring (bicyclic) bond motifs is 21. The van der Waals surface area contributed by atoms with Crippen LogP contribution in [0, 0.1) is 0 Å².